The smallest absolute Gasteiger partial charge is 0.249 e. The van der Waals surface area contributed by atoms with E-state index in [4.69, 9.17) is 11.6 Å². The van der Waals surface area contributed by atoms with Crippen LogP contribution in [0.3, 0.4) is 0 Å². The van der Waals surface area contributed by atoms with Gasteiger partial charge in [0.2, 0.25) is 16.9 Å². The van der Waals surface area contributed by atoms with Crippen LogP contribution in [0, 0.1) is 0 Å². The molecule has 144 valence electrons. The van der Waals surface area contributed by atoms with E-state index in [-0.39, 0.29) is 5.91 Å². The second-order valence-electron chi connectivity index (χ2n) is 6.13. The lowest BCUT2D eigenvalue weighted by Crippen LogP contribution is -2.47. The largest absolute Gasteiger partial charge is 0.343 e. The Morgan fingerprint density at radius 3 is 2.29 bits per heavy atom. The van der Waals surface area contributed by atoms with Crippen molar-refractivity contribution in [1.82, 2.24) is 15.5 Å². The summed E-state index contributed by atoms with van der Waals surface area (Å²) in [6, 6.07) is 18.3. The molecule has 2 atom stereocenters. The van der Waals surface area contributed by atoms with Crippen LogP contribution in [0.15, 0.2) is 60.7 Å². The summed E-state index contributed by atoms with van der Waals surface area (Å²) in [6.07, 6.45) is 0.340. The van der Waals surface area contributed by atoms with Gasteiger partial charge in [-0.05, 0) is 12.5 Å². The van der Waals surface area contributed by atoms with Crippen molar-refractivity contribution in [2.24, 2.45) is 0 Å². The molecule has 6 nitrogen and oxygen atoms in total. The minimum Gasteiger partial charge on any atom is -0.343 e. The maximum atomic E-state index is 12.8. The number of anilines is 1. The highest BCUT2D eigenvalue weighted by atomic mass is 35.5. The molecule has 0 saturated carbocycles. The third kappa shape index (κ3) is 5.37. The minimum atomic E-state index is -0.778. The predicted molar refractivity (Wildman–Crippen MR) is 111 cm³/mol. The van der Waals surface area contributed by atoms with Crippen molar-refractivity contribution < 1.29 is 9.59 Å². The molecule has 0 spiro atoms. The van der Waals surface area contributed by atoms with Crippen molar-refractivity contribution >= 4 is 39.9 Å². The normalized spacial score (nSPS) is 12.8. The van der Waals surface area contributed by atoms with Gasteiger partial charge in [0.1, 0.15) is 16.4 Å². The number of amides is 2. The van der Waals surface area contributed by atoms with Crippen molar-refractivity contribution in [1.29, 1.82) is 0 Å². The number of halogens is 1. The molecule has 1 aromatic heterocycles. The quantitative estimate of drug-likeness (QED) is 0.579. The number of aromatic nitrogens is 2. The first-order valence-electron chi connectivity index (χ1n) is 8.71. The number of alkyl halides is 1. The first-order valence-corrected chi connectivity index (χ1v) is 9.96. The summed E-state index contributed by atoms with van der Waals surface area (Å²) in [6.45, 7) is 1.56. The summed E-state index contributed by atoms with van der Waals surface area (Å²) in [4.78, 5) is 24.8. The highest BCUT2D eigenvalue weighted by molar-refractivity contribution is 7.18. The van der Waals surface area contributed by atoms with Crippen LogP contribution in [-0.2, 0) is 16.0 Å². The standard InChI is InChI=1S/C20H19ClN4O2S/c1-13(21)17(26)22-16(12-14-8-4-2-5-9-14)18(27)23-20-25-24-19(28-20)15-10-6-3-7-11-15/h2-11,13,16H,12H2,1H3,(H,22,26)(H,23,25,27)/t13-,16-/m0/s1. The Labute approximate surface area is 172 Å². The highest BCUT2D eigenvalue weighted by Crippen LogP contribution is 2.26. The van der Waals surface area contributed by atoms with Crippen LogP contribution < -0.4 is 10.6 Å². The Balaban J connectivity index is 1.73. The SMILES string of the molecule is C[C@H](Cl)C(=O)N[C@@H](Cc1ccccc1)C(=O)Nc1nnc(-c2ccccc2)s1. The average Bonchev–Trinajstić information content (AvgIpc) is 3.17. The van der Waals surface area contributed by atoms with Gasteiger partial charge >= 0.3 is 0 Å². The molecule has 2 amide bonds. The van der Waals surface area contributed by atoms with Crippen LogP contribution in [0.4, 0.5) is 5.13 Å². The summed E-state index contributed by atoms with van der Waals surface area (Å²) in [5, 5.41) is 13.9. The fourth-order valence-corrected chi connectivity index (χ4v) is 3.32. The van der Waals surface area contributed by atoms with Gasteiger partial charge in [-0.15, -0.1) is 21.8 Å². The number of hydrogen-bond donors (Lipinski definition) is 2. The number of nitrogens with one attached hydrogen (secondary N) is 2. The van der Waals surface area contributed by atoms with Crippen molar-refractivity contribution in [2.45, 2.75) is 24.8 Å². The van der Waals surface area contributed by atoms with Crippen LogP contribution in [0.2, 0.25) is 0 Å². The van der Waals surface area contributed by atoms with Crippen molar-refractivity contribution in [3.05, 3.63) is 66.2 Å². The third-order valence-corrected chi connectivity index (χ3v) is 5.04. The monoisotopic (exact) mass is 414 g/mol. The van der Waals surface area contributed by atoms with Gasteiger partial charge in [0.05, 0.1) is 0 Å². The molecule has 0 aliphatic rings. The molecule has 0 unspecified atom stereocenters. The Morgan fingerprint density at radius 2 is 1.64 bits per heavy atom. The van der Waals surface area contributed by atoms with Gasteiger partial charge in [0.25, 0.3) is 0 Å². The van der Waals surface area contributed by atoms with Gasteiger partial charge in [-0.25, -0.2) is 0 Å². The highest BCUT2D eigenvalue weighted by Gasteiger charge is 2.24. The third-order valence-electron chi connectivity index (χ3n) is 3.95. The first-order chi connectivity index (χ1) is 13.5. The molecule has 2 aromatic carbocycles. The molecular formula is C20H19ClN4O2S. The molecule has 0 aliphatic heterocycles. The average molecular weight is 415 g/mol. The van der Waals surface area contributed by atoms with E-state index in [0.717, 1.165) is 11.1 Å². The van der Waals surface area contributed by atoms with Crippen LogP contribution in [0.5, 0.6) is 0 Å². The Bertz CT molecular complexity index is 932. The summed E-state index contributed by atoms with van der Waals surface area (Å²) in [5.74, 6) is -0.773. The first kappa shape index (κ1) is 20.0. The summed E-state index contributed by atoms with van der Waals surface area (Å²) >= 11 is 7.12. The molecule has 3 rings (SSSR count). The summed E-state index contributed by atoms with van der Waals surface area (Å²) in [7, 11) is 0. The van der Waals surface area contributed by atoms with Crippen LogP contribution in [0.1, 0.15) is 12.5 Å². The van der Waals surface area contributed by atoms with Crippen LogP contribution in [-0.4, -0.2) is 33.4 Å². The van der Waals surface area contributed by atoms with Crippen molar-refractivity contribution in [3.8, 4) is 10.6 Å². The van der Waals surface area contributed by atoms with Gasteiger partial charge < -0.3 is 5.32 Å². The van der Waals surface area contributed by atoms with E-state index in [1.807, 2.05) is 60.7 Å². The van der Waals surface area contributed by atoms with Gasteiger partial charge in [-0.1, -0.05) is 72.0 Å². The molecule has 8 heteroatoms. The van der Waals surface area contributed by atoms with Gasteiger partial charge in [-0.3, -0.25) is 14.9 Å². The molecule has 1 heterocycles. The summed E-state index contributed by atoms with van der Waals surface area (Å²) < 4.78 is 0. The number of carbonyl (C=O) groups excluding carboxylic acids is 2. The fourth-order valence-electron chi connectivity index (χ4n) is 2.51. The Morgan fingerprint density at radius 1 is 1.00 bits per heavy atom. The van der Waals surface area contributed by atoms with E-state index in [1.165, 1.54) is 11.3 Å². The summed E-state index contributed by atoms with van der Waals surface area (Å²) in [5.41, 5.74) is 1.85. The van der Waals surface area contributed by atoms with E-state index < -0.39 is 17.3 Å². The van der Waals surface area contributed by atoms with E-state index in [0.29, 0.717) is 16.6 Å². The molecule has 28 heavy (non-hydrogen) atoms. The molecular weight excluding hydrogens is 396 g/mol. The van der Waals surface area contributed by atoms with Crippen molar-refractivity contribution in [3.63, 3.8) is 0 Å². The van der Waals surface area contributed by atoms with Crippen LogP contribution in [0.25, 0.3) is 10.6 Å². The predicted octanol–water partition coefficient (Wildman–Crippen LogP) is 3.50. The van der Waals surface area contributed by atoms with Crippen molar-refractivity contribution in [2.75, 3.05) is 5.32 Å². The lowest BCUT2D eigenvalue weighted by Gasteiger charge is -2.18. The number of nitrogens with zero attached hydrogens (tertiary/aromatic N) is 2. The zero-order chi connectivity index (χ0) is 19.9. The van der Waals surface area contributed by atoms with Gasteiger partial charge in [-0.2, -0.15) is 0 Å². The molecule has 0 saturated heterocycles. The van der Waals surface area contributed by atoms with Gasteiger partial charge in [0.15, 0.2) is 0 Å². The molecule has 2 N–H and O–H groups in total. The van der Waals surface area contributed by atoms with E-state index >= 15 is 0 Å². The number of benzene rings is 2. The molecule has 0 bridgehead atoms. The second kappa shape index (κ2) is 9.43. The zero-order valence-corrected chi connectivity index (χ0v) is 16.7. The van der Waals surface area contributed by atoms with Gasteiger partial charge in [0, 0.05) is 12.0 Å². The van der Waals surface area contributed by atoms with E-state index in [9.17, 15) is 9.59 Å². The lowest BCUT2D eigenvalue weighted by atomic mass is 10.1. The molecule has 3 aromatic rings. The number of rotatable bonds is 7. The number of carbonyl (C=O) groups is 2. The topological polar surface area (TPSA) is 84.0 Å². The maximum Gasteiger partial charge on any atom is 0.249 e. The van der Waals surface area contributed by atoms with E-state index in [2.05, 4.69) is 20.8 Å². The van der Waals surface area contributed by atoms with Crippen LogP contribution >= 0.6 is 22.9 Å². The molecule has 0 radical (unpaired) electrons. The fraction of sp³-hybridized carbons (Fsp3) is 0.200. The molecule has 0 fully saturated rings. The maximum absolute atomic E-state index is 12.8. The Hall–Kier alpha value is -2.77. The van der Waals surface area contributed by atoms with E-state index in [1.54, 1.807) is 6.92 Å². The Kier molecular flexibility index (Phi) is 6.73. The second-order valence-corrected chi connectivity index (χ2v) is 7.77. The lowest BCUT2D eigenvalue weighted by molar-refractivity contribution is -0.126. The molecule has 0 aliphatic carbocycles. The zero-order valence-electron chi connectivity index (χ0n) is 15.1. The number of hydrogen-bond acceptors (Lipinski definition) is 5. The minimum absolute atomic E-state index is 0.340.